The number of methoxy groups -OCH3 is 1. The quantitative estimate of drug-likeness (QED) is 0.791. The summed E-state index contributed by atoms with van der Waals surface area (Å²) in [5.74, 6) is 0.130. The van der Waals surface area contributed by atoms with Gasteiger partial charge in [-0.1, -0.05) is 18.3 Å². The highest BCUT2D eigenvalue weighted by Gasteiger charge is 2.12. The molecule has 0 atom stereocenters. The fourth-order valence-electron chi connectivity index (χ4n) is 1.94. The van der Waals surface area contributed by atoms with Crippen LogP contribution in [0.2, 0.25) is 0 Å². The standard InChI is InChI=1S/C15H18N2O4S/c1-4-13(18)16-15-17(9-14(19)21-5-2)11-7-6-10(20-3)8-12(11)22-15/h6-8H,4-5,9H2,1-3H3. The largest absolute Gasteiger partial charge is 0.497 e. The second-order valence-electron chi connectivity index (χ2n) is 4.47. The van der Waals surface area contributed by atoms with Gasteiger partial charge >= 0.3 is 5.97 Å². The van der Waals surface area contributed by atoms with Crippen molar-refractivity contribution in [3.8, 4) is 5.75 Å². The van der Waals surface area contributed by atoms with Crippen molar-refractivity contribution < 1.29 is 19.1 Å². The summed E-state index contributed by atoms with van der Waals surface area (Å²) < 4.78 is 12.8. The van der Waals surface area contributed by atoms with E-state index in [1.165, 1.54) is 11.3 Å². The van der Waals surface area contributed by atoms with E-state index in [-0.39, 0.29) is 18.4 Å². The zero-order valence-electron chi connectivity index (χ0n) is 12.8. The molecular formula is C15H18N2O4S. The topological polar surface area (TPSA) is 69.9 Å². The molecule has 22 heavy (non-hydrogen) atoms. The van der Waals surface area contributed by atoms with Gasteiger partial charge < -0.3 is 14.0 Å². The van der Waals surface area contributed by atoms with Gasteiger partial charge in [0.05, 0.1) is 23.9 Å². The monoisotopic (exact) mass is 322 g/mol. The molecule has 0 radical (unpaired) electrons. The molecule has 0 N–H and O–H groups in total. The Bertz CT molecular complexity index is 760. The van der Waals surface area contributed by atoms with Crippen LogP contribution in [0.1, 0.15) is 20.3 Å². The van der Waals surface area contributed by atoms with Crippen molar-refractivity contribution in [2.45, 2.75) is 26.8 Å². The molecule has 1 aromatic carbocycles. The summed E-state index contributed by atoms with van der Waals surface area (Å²) in [5, 5.41) is 0. The van der Waals surface area contributed by atoms with Gasteiger partial charge in [-0.25, -0.2) is 0 Å². The molecule has 2 rings (SSSR count). The van der Waals surface area contributed by atoms with Gasteiger partial charge in [0, 0.05) is 6.42 Å². The first-order valence-corrected chi connectivity index (χ1v) is 7.81. The molecule has 0 unspecified atom stereocenters. The SMILES string of the molecule is CCOC(=O)Cn1c(=NC(=O)CC)sc2cc(OC)ccc21. The molecule has 6 nitrogen and oxygen atoms in total. The van der Waals surface area contributed by atoms with E-state index in [1.54, 1.807) is 25.5 Å². The van der Waals surface area contributed by atoms with Gasteiger partial charge in [0.1, 0.15) is 12.3 Å². The third-order valence-electron chi connectivity index (χ3n) is 3.01. The second kappa shape index (κ2) is 7.22. The number of fused-ring (bicyclic) bond motifs is 1. The van der Waals surface area contributed by atoms with E-state index in [4.69, 9.17) is 9.47 Å². The number of carbonyl (C=O) groups is 2. The number of carbonyl (C=O) groups excluding carboxylic acids is 2. The zero-order valence-corrected chi connectivity index (χ0v) is 13.6. The first-order chi connectivity index (χ1) is 10.6. The van der Waals surface area contributed by atoms with Crippen molar-refractivity contribution in [1.82, 2.24) is 4.57 Å². The summed E-state index contributed by atoms with van der Waals surface area (Å²) in [5.41, 5.74) is 0.821. The predicted molar refractivity (Wildman–Crippen MR) is 83.9 cm³/mol. The van der Waals surface area contributed by atoms with Crippen LogP contribution in [0.25, 0.3) is 10.2 Å². The van der Waals surface area contributed by atoms with E-state index in [0.29, 0.717) is 23.6 Å². The Kier molecular flexibility index (Phi) is 5.32. The van der Waals surface area contributed by atoms with E-state index in [2.05, 4.69) is 4.99 Å². The van der Waals surface area contributed by atoms with Gasteiger partial charge in [0.15, 0.2) is 4.80 Å². The van der Waals surface area contributed by atoms with E-state index < -0.39 is 0 Å². The molecule has 0 aliphatic rings. The number of thiazole rings is 1. The van der Waals surface area contributed by atoms with Gasteiger partial charge in [0.2, 0.25) is 5.91 Å². The zero-order chi connectivity index (χ0) is 16.1. The molecule has 118 valence electrons. The maximum atomic E-state index is 11.8. The van der Waals surface area contributed by atoms with Crippen LogP contribution in [-0.2, 0) is 20.9 Å². The second-order valence-corrected chi connectivity index (χ2v) is 5.48. The van der Waals surface area contributed by atoms with Crippen LogP contribution in [-0.4, -0.2) is 30.2 Å². The normalized spacial score (nSPS) is 11.7. The number of esters is 1. The van der Waals surface area contributed by atoms with E-state index in [1.807, 2.05) is 18.2 Å². The number of ether oxygens (including phenoxy) is 2. The summed E-state index contributed by atoms with van der Waals surface area (Å²) in [7, 11) is 1.59. The van der Waals surface area contributed by atoms with Crippen LogP contribution in [0.3, 0.4) is 0 Å². The lowest BCUT2D eigenvalue weighted by molar-refractivity contribution is -0.143. The number of benzene rings is 1. The number of hydrogen-bond acceptors (Lipinski definition) is 5. The van der Waals surface area contributed by atoms with Crippen LogP contribution in [0.4, 0.5) is 0 Å². The Morgan fingerprint density at radius 1 is 1.32 bits per heavy atom. The van der Waals surface area contributed by atoms with E-state index in [0.717, 1.165) is 10.2 Å². The third-order valence-corrected chi connectivity index (χ3v) is 4.05. The number of aromatic nitrogens is 1. The fraction of sp³-hybridized carbons (Fsp3) is 0.400. The van der Waals surface area contributed by atoms with E-state index in [9.17, 15) is 9.59 Å². The summed E-state index contributed by atoms with van der Waals surface area (Å²) in [4.78, 5) is 28.0. The summed E-state index contributed by atoms with van der Waals surface area (Å²) in [6, 6.07) is 5.51. The molecule has 0 saturated heterocycles. The lowest BCUT2D eigenvalue weighted by Crippen LogP contribution is -2.23. The molecule has 0 saturated carbocycles. The van der Waals surface area contributed by atoms with Gasteiger partial charge in [-0.15, -0.1) is 0 Å². The van der Waals surface area contributed by atoms with Crippen LogP contribution in [0, 0.1) is 0 Å². The fourth-order valence-corrected chi connectivity index (χ4v) is 3.02. The minimum absolute atomic E-state index is 0.0238. The van der Waals surface area contributed by atoms with Crippen molar-refractivity contribution in [2.24, 2.45) is 4.99 Å². The van der Waals surface area contributed by atoms with Crippen molar-refractivity contribution >= 4 is 33.4 Å². The Morgan fingerprint density at radius 2 is 2.09 bits per heavy atom. The molecule has 0 spiro atoms. The number of hydrogen-bond donors (Lipinski definition) is 0. The molecular weight excluding hydrogens is 304 g/mol. The summed E-state index contributed by atoms with van der Waals surface area (Å²) >= 11 is 1.34. The average Bonchev–Trinajstić information content (AvgIpc) is 2.84. The van der Waals surface area contributed by atoms with Gasteiger partial charge in [-0.05, 0) is 25.1 Å². The first-order valence-electron chi connectivity index (χ1n) is 6.99. The highest BCUT2D eigenvalue weighted by Crippen LogP contribution is 2.23. The van der Waals surface area contributed by atoms with Crippen molar-refractivity contribution in [3.05, 3.63) is 23.0 Å². The van der Waals surface area contributed by atoms with Gasteiger partial charge in [0.25, 0.3) is 0 Å². The molecule has 1 aromatic heterocycles. The maximum absolute atomic E-state index is 11.8. The molecule has 0 aliphatic carbocycles. The molecule has 7 heteroatoms. The molecule has 0 fully saturated rings. The Balaban J connectivity index is 2.57. The van der Waals surface area contributed by atoms with Crippen molar-refractivity contribution in [1.29, 1.82) is 0 Å². The minimum Gasteiger partial charge on any atom is -0.497 e. The van der Waals surface area contributed by atoms with Crippen LogP contribution in [0.5, 0.6) is 5.75 Å². The number of rotatable bonds is 5. The first kappa shape index (κ1) is 16.2. The van der Waals surface area contributed by atoms with Crippen molar-refractivity contribution in [2.75, 3.05) is 13.7 Å². The molecule has 1 amide bonds. The highest BCUT2D eigenvalue weighted by atomic mass is 32.1. The van der Waals surface area contributed by atoms with Crippen LogP contribution < -0.4 is 9.54 Å². The minimum atomic E-state index is -0.358. The third kappa shape index (κ3) is 3.54. The Labute approximate surface area is 132 Å². The Morgan fingerprint density at radius 3 is 2.73 bits per heavy atom. The Hall–Kier alpha value is -2.15. The number of nitrogens with zero attached hydrogens (tertiary/aromatic N) is 2. The molecule has 1 heterocycles. The highest BCUT2D eigenvalue weighted by molar-refractivity contribution is 7.16. The van der Waals surface area contributed by atoms with Crippen LogP contribution in [0.15, 0.2) is 23.2 Å². The lowest BCUT2D eigenvalue weighted by atomic mass is 10.3. The van der Waals surface area contributed by atoms with Gasteiger partial charge in [-0.2, -0.15) is 4.99 Å². The summed E-state index contributed by atoms with van der Waals surface area (Å²) in [6.45, 7) is 3.84. The van der Waals surface area contributed by atoms with E-state index >= 15 is 0 Å². The maximum Gasteiger partial charge on any atom is 0.326 e. The molecule has 0 aliphatic heterocycles. The van der Waals surface area contributed by atoms with Crippen molar-refractivity contribution in [3.63, 3.8) is 0 Å². The smallest absolute Gasteiger partial charge is 0.326 e. The lowest BCUT2D eigenvalue weighted by Gasteiger charge is -2.05. The number of amides is 1. The summed E-state index contributed by atoms with van der Waals surface area (Å²) in [6.07, 6.45) is 0.316. The predicted octanol–water partition coefficient (Wildman–Crippen LogP) is 2.11. The molecule has 2 aromatic rings. The van der Waals surface area contributed by atoms with Gasteiger partial charge in [-0.3, -0.25) is 9.59 Å². The molecule has 0 bridgehead atoms. The van der Waals surface area contributed by atoms with Crippen LogP contribution >= 0.6 is 11.3 Å². The average molecular weight is 322 g/mol.